The van der Waals surface area contributed by atoms with Gasteiger partial charge in [-0.3, -0.25) is 9.59 Å². The summed E-state index contributed by atoms with van der Waals surface area (Å²) in [4.78, 5) is 23.4. The number of nitrogens with one attached hydrogen (secondary N) is 1. The summed E-state index contributed by atoms with van der Waals surface area (Å²) < 4.78 is 5.26. The number of benzene rings is 2. The standard InChI is InChI=1S/C20H22ClNO5/c1-27-15-6-4-5-14(11-15)20(16-7-2-3-8-17(16)21)22-18(24)9-13(12-23)10-19(25)26/h2-8,11,13,20,23H,9-10,12H2,1H3,(H,22,24)(H,25,26). The number of carboxylic acid groups (broad SMARTS) is 1. The van der Waals surface area contributed by atoms with Crippen LogP contribution in [-0.4, -0.2) is 35.8 Å². The Kier molecular flexibility index (Phi) is 7.64. The van der Waals surface area contributed by atoms with E-state index in [4.69, 9.17) is 21.4 Å². The van der Waals surface area contributed by atoms with Gasteiger partial charge >= 0.3 is 5.97 Å². The van der Waals surface area contributed by atoms with Crippen molar-refractivity contribution in [2.45, 2.75) is 18.9 Å². The van der Waals surface area contributed by atoms with Crippen LogP contribution in [0.25, 0.3) is 0 Å². The third kappa shape index (κ3) is 5.98. The highest BCUT2D eigenvalue weighted by molar-refractivity contribution is 6.31. The molecule has 3 N–H and O–H groups in total. The second-order valence-corrected chi connectivity index (χ2v) is 6.56. The highest BCUT2D eigenvalue weighted by Crippen LogP contribution is 2.30. The maximum Gasteiger partial charge on any atom is 0.303 e. The minimum Gasteiger partial charge on any atom is -0.497 e. The van der Waals surface area contributed by atoms with Gasteiger partial charge < -0.3 is 20.3 Å². The number of ether oxygens (including phenoxy) is 1. The molecule has 0 fully saturated rings. The molecule has 0 aliphatic carbocycles. The molecule has 7 heteroatoms. The van der Waals surface area contributed by atoms with Crippen molar-refractivity contribution in [3.05, 3.63) is 64.7 Å². The summed E-state index contributed by atoms with van der Waals surface area (Å²) in [5, 5.41) is 21.6. The molecule has 144 valence electrons. The van der Waals surface area contributed by atoms with Crippen LogP contribution in [0.4, 0.5) is 0 Å². The zero-order chi connectivity index (χ0) is 19.8. The van der Waals surface area contributed by atoms with Gasteiger partial charge in [0.05, 0.1) is 19.6 Å². The van der Waals surface area contributed by atoms with Crippen LogP contribution in [-0.2, 0) is 9.59 Å². The lowest BCUT2D eigenvalue weighted by Crippen LogP contribution is -2.32. The third-order valence-corrected chi connectivity index (χ3v) is 4.49. The van der Waals surface area contributed by atoms with Gasteiger partial charge in [-0.15, -0.1) is 0 Å². The molecule has 6 nitrogen and oxygen atoms in total. The van der Waals surface area contributed by atoms with Gasteiger partial charge in [0.15, 0.2) is 0 Å². The van der Waals surface area contributed by atoms with E-state index >= 15 is 0 Å². The lowest BCUT2D eigenvalue weighted by Gasteiger charge is -2.22. The molecule has 2 atom stereocenters. The van der Waals surface area contributed by atoms with Crippen molar-refractivity contribution in [3.8, 4) is 5.75 Å². The maximum absolute atomic E-state index is 12.5. The number of carboxylic acids is 1. The quantitative estimate of drug-likeness (QED) is 0.610. The summed E-state index contributed by atoms with van der Waals surface area (Å²) in [7, 11) is 1.56. The molecule has 0 aliphatic heterocycles. The Bertz CT molecular complexity index is 795. The van der Waals surface area contributed by atoms with Gasteiger partial charge in [-0.05, 0) is 29.3 Å². The number of hydrogen-bond donors (Lipinski definition) is 3. The number of aliphatic hydroxyl groups is 1. The zero-order valence-corrected chi connectivity index (χ0v) is 15.6. The van der Waals surface area contributed by atoms with Gasteiger partial charge in [0.1, 0.15) is 5.75 Å². The second kappa shape index (κ2) is 9.94. The van der Waals surface area contributed by atoms with Crippen molar-refractivity contribution < 1.29 is 24.5 Å². The number of aliphatic carboxylic acids is 1. The van der Waals surface area contributed by atoms with Crippen LogP contribution in [0.3, 0.4) is 0 Å². The fourth-order valence-electron chi connectivity index (χ4n) is 2.80. The summed E-state index contributed by atoms with van der Waals surface area (Å²) in [6, 6.07) is 13.9. The molecule has 0 heterocycles. The van der Waals surface area contributed by atoms with Crippen molar-refractivity contribution in [2.24, 2.45) is 5.92 Å². The molecule has 0 saturated heterocycles. The van der Waals surface area contributed by atoms with E-state index in [1.54, 1.807) is 31.4 Å². The van der Waals surface area contributed by atoms with E-state index in [9.17, 15) is 14.7 Å². The highest BCUT2D eigenvalue weighted by atomic mass is 35.5. The van der Waals surface area contributed by atoms with Crippen LogP contribution in [0.2, 0.25) is 5.02 Å². The molecule has 0 aliphatic rings. The predicted molar refractivity (Wildman–Crippen MR) is 102 cm³/mol. The number of hydrogen-bond acceptors (Lipinski definition) is 4. The Morgan fingerprint density at radius 1 is 1.15 bits per heavy atom. The molecular weight excluding hydrogens is 370 g/mol. The predicted octanol–water partition coefficient (Wildman–Crippen LogP) is 3.03. The van der Waals surface area contributed by atoms with Crippen molar-refractivity contribution in [3.63, 3.8) is 0 Å². The van der Waals surface area contributed by atoms with E-state index in [1.807, 2.05) is 24.3 Å². The summed E-state index contributed by atoms with van der Waals surface area (Å²) in [5.74, 6) is -1.45. The lowest BCUT2D eigenvalue weighted by molar-refractivity contribution is -0.138. The fraction of sp³-hybridized carbons (Fsp3) is 0.300. The minimum absolute atomic E-state index is 0.103. The van der Waals surface area contributed by atoms with Crippen LogP contribution < -0.4 is 10.1 Å². The first-order chi connectivity index (χ1) is 12.9. The molecule has 0 spiro atoms. The SMILES string of the molecule is COc1cccc(C(NC(=O)CC(CO)CC(=O)O)c2ccccc2Cl)c1. The number of halogens is 1. The molecular formula is C20H22ClNO5. The van der Waals surface area contributed by atoms with Crippen molar-refractivity contribution in [2.75, 3.05) is 13.7 Å². The van der Waals surface area contributed by atoms with E-state index in [0.717, 1.165) is 5.56 Å². The van der Waals surface area contributed by atoms with Gasteiger partial charge in [0.2, 0.25) is 5.91 Å². The van der Waals surface area contributed by atoms with Gasteiger partial charge in [-0.25, -0.2) is 0 Å². The Morgan fingerprint density at radius 2 is 1.89 bits per heavy atom. The molecule has 0 aromatic heterocycles. The average Bonchev–Trinajstić information content (AvgIpc) is 2.66. The molecule has 2 unspecified atom stereocenters. The number of carbonyl (C=O) groups excluding carboxylic acids is 1. The number of amides is 1. The Balaban J connectivity index is 2.29. The number of methoxy groups -OCH3 is 1. The van der Waals surface area contributed by atoms with Gasteiger partial charge in [-0.1, -0.05) is 41.9 Å². The van der Waals surface area contributed by atoms with Crippen LogP contribution in [0.15, 0.2) is 48.5 Å². The molecule has 2 aromatic carbocycles. The number of aliphatic hydroxyl groups excluding tert-OH is 1. The van der Waals surface area contributed by atoms with E-state index in [0.29, 0.717) is 16.3 Å². The first kappa shape index (κ1) is 20.7. The average molecular weight is 392 g/mol. The summed E-state index contributed by atoms with van der Waals surface area (Å²) in [6.45, 7) is -0.379. The van der Waals surface area contributed by atoms with Crippen LogP contribution in [0.1, 0.15) is 30.0 Å². The number of rotatable bonds is 9. The van der Waals surface area contributed by atoms with Crippen molar-refractivity contribution in [1.29, 1.82) is 0 Å². The molecule has 0 bridgehead atoms. The summed E-state index contributed by atoms with van der Waals surface area (Å²) >= 11 is 6.33. The Labute approximate surface area is 162 Å². The summed E-state index contributed by atoms with van der Waals surface area (Å²) in [6.07, 6.45) is -0.381. The van der Waals surface area contributed by atoms with Crippen LogP contribution in [0.5, 0.6) is 5.75 Å². The van der Waals surface area contributed by atoms with Crippen molar-refractivity contribution in [1.82, 2.24) is 5.32 Å². The normalized spacial score (nSPS) is 12.9. The molecule has 0 radical (unpaired) electrons. The Hall–Kier alpha value is -2.57. The lowest BCUT2D eigenvalue weighted by atomic mass is 9.96. The van der Waals surface area contributed by atoms with Crippen molar-refractivity contribution >= 4 is 23.5 Å². The van der Waals surface area contributed by atoms with E-state index in [1.165, 1.54) is 0 Å². The van der Waals surface area contributed by atoms with Gasteiger partial charge in [-0.2, -0.15) is 0 Å². The third-order valence-electron chi connectivity index (χ3n) is 4.14. The highest BCUT2D eigenvalue weighted by Gasteiger charge is 2.22. The van der Waals surface area contributed by atoms with E-state index < -0.39 is 17.9 Å². The number of carbonyl (C=O) groups is 2. The smallest absolute Gasteiger partial charge is 0.303 e. The first-order valence-corrected chi connectivity index (χ1v) is 8.82. The largest absolute Gasteiger partial charge is 0.497 e. The molecule has 2 aromatic rings. The minimum atomic E-state index is -1.06. The van der Waals surface area contributed by atoms with Gasteiger partial charge in [0.25, 0.3) is 0 Å². The molecule has 2 rings (SSSR count). The van der Waals surface area contributed by atoms with E-state index in [-0.39, 0.29) is 25.4 Å². The van der Waals surface area contributed by atoms with Crippen LogP contribution >= 0.6 is 11.6 Å². The topological polar surface area (TPSA) is 95.9 Å². The van der Waals surface area contributed by atoms with Gasteiger partial charge in [0, 0.05) is 24.0 Å². The fourth-order valence-corrected chi connectivity index (χ4v) is 3.05. The second-order valence-electron chi connectivity index (χ2n) is 6.15. The van der Waals surface area contributed by atoms with Crippen LogP contribution in [0, 0.1) is 5.92 Å². The maximum atomic E-state index is 12.5. The first-order valence-electron chi connectivity index (χ1n) is 8.45. The monoisotopic (exact) mass is 391 g/mol. The summed E-state index contributed by atoms with van der Waals surface area (Å²) in [5.41, 5.74) is 1.48. The van der Waals surface area contributed by atoms with E-state index in [2.05, 4.69) is 5.32 Å². The molecule has 1 amide bonds. The molecule has 0 saturated carbocycles. The Morgan fingerprint density at radius 3 is 2.52 bits per heavy atom. The molecule has 27 heavy (non-hydrogen) atoms. The zero-order valence-electron chi connectivity index (χ0n) is 14.9.